The Hall–Kier alpha value is -0.700. The maximum Gasteiger partial charge on any atom is 0.136 e. The average Bonchev–Trinajstić information content (AvgIpc) is 2.40. The van der Waals surface area contributed by atoms with E-state index in [4.69, 9.17) is 9.84 Å². The van der Waals surface area contributed by atoms with Gasteiger partial charge in [0.05, 0.1) is 6.61 Å². The highest BCUT2D eigenvalue weighted by molar-refractivity contribution is 7.99. The van der Waals surface area contributed by atoms with Crippen LogP contribution in [0.15, 0.2) is 29.4 Å². The fourth-order valence-electron chi connectivity index (χ4n) is 1.72. The van der Waals surface area contributed by atoms with Crippen LogP contribution in [-0.4, -0.2) is 61.9 Å². The van der Waals surface area contributed by atoms with Crippen molar-refractivity contribution in [1.82, 2.24) is 4.98 Å². The molecule has 6 nitrogen and oxygen atoms in total. The van der Waals surface area contributed by atoms with Crippen LogP contribution in [0.2, 0.25) is 0 Å². The molecule has 0 unspecified atom stereocenters. The van der Waals surface area contributed by atoms with E-state index in [2.05, 4.69) is 4.98 Å². The molecule has 0 amide bonds. The summed E-state index contributed by atoms with van der Waals surface area (Å²) < 4.78 is 5.36. The van der Waals surface area contributed by atoms with Gasteiger partial charge in [0.2, 0.25) is 0 Å². The summed E-state index contributed by atoms with van der Waals surface area (Å²) in [7, 11) is 0. The third kappa shape index (κ3) is 2.82. The lowest BCUT2D eigenvalue weighted by Crippen LogP contribution is -2.57. The molecule has 1 fully saturated rings. The van der Waals surface area contributed by atoms with E-state index in [0.29, 0.717) is 0 Å². The largest absolute Gasteiger partial charge is 0.394 e. The lowest BCUT2D eigenvalue weighted by molar-refractivity contribution is -0.205. The molecular formula is C11H15NO5S. The first-order valence-corrected chi connectivity index (χ1v) is 6.38. The fourth-order valence-corrected chi connectivity index (χ4v) is 2.76. The van der Waals surface area contributed by atoms with Crippen molar-refractivity contribution in [3.8, 4) is 0 Å². The van der Waals surface area contributed by atoms with Crippen LogP contribution in [0.1, 0.15) is 0 Å². The minimum atomic E-state index is -1.34. The second-order valence-electron chi connectivity index (χ2n) is 4.00. The summed E-state index contributed by atoms with van der Waals surface area (Å²) in [5.41, 5.74) is -0.759. The molecule has 0 bridgehead atoms. The SMILES string of the molecule is OC[C@H]1O[C@@H](Sc2cccnc2)[C@H](O)[C@H](O)[C@@H]1O. The number of ether oxygens (including phenoxy) is 1. The van der Waals surface area contributed by atoms with E-state index < -0.39 is 36.5 Å². The Bertz CT molecular complexity index is 377. The molecule has 100 valence electrons. The van der Waals surface area contributed by atoms with Crippen molar-refractivity contribution >= 4 is 11.8 Å². The van der Waals surface area contributed by atoms with Crippen molar-refractivity contribution in [1.29, 1.82) is 0 Å². The van der Waals surface area contributed by atoms with Gasteiger partial charge in [-0.05, 0) is 12.1 Å². The molecule has 2 rings (SSSR count). The summed E-state index contributed by atoms with van der Waals surface area (Å²) in [5, 5.41) is 38.1. The standard InChI is InChI=1S/C11H15NO5S/c13-5-7-8(14)9(15)10(16)11(17-7)18-6-2-1-3-12-4-6/h1-4,7-11,13-16H,5H2/t7-,8-,9-,10-,11+/m1/s1. The Morgan fingerprint density at radius 2 is 2.00 bits per heavy atom. The number of nitrogens with zero attached hydrogens (tertiary/aromatic N) is 1. The summed E-state index contributed by atoms with van der Waals surface area (Å²) in [6.45, 7) is -0.422. The fraction of sp³-hybridized carbons (Fsp3) is 0.545. The molecule has 4 N–H and O–H groups in total. The van der Waals surface area contributed by atoms with Crippen LogP contribution in [-0.2, 0) is 4.74 Å². The predicted molar refractivity (Wildman–Crippen MR) is 63.9 cm³/mol. The van der Waals surface area contributed by atoms with Gasteiger partial charge in [0.1, 0.15) is 29.9 Å². The topological polar surface area (TPSA) is 103 Å². The van der Waals surface area contributed by atoms with Gasteiger partial charge in [0.25, 0.3) is 0 Å². The van der Waals surface area contributed by atoms with E-state index in [0.717, 1.165) is 4.90 Å². The third-order valence-electron chi connectivity index (χ3n) is 2.74. The van der Waals surface area contributed by atoms with E-state index >= 15 is 0 Å². The smallest absolute Gasteiger partial charge is 0.136 e. The molecule has 1 saturated heterocycles. The lowest BCUT2D eigenvalue weighted by atomic mass is 10.0. The molecular weight excluding hydrogens is 258 g/mol. The predicted octanol–water partition coefficient (Wildman–Crippen LogP) is -1.03. The normalized spacial score (nSPS) is 36.6. The van der Waals surface area contributed by atoms with Gasteiger partial charge in [-0.1, -0.05) is 11.8 Å². The number of aromatic nitrogens is 1. The van der Waals surface area contributed by atoms with Gasteiger partial charge in [-0.25, -0.2) is 0 Å². The minimum Gasteiger partial charge on any atom is -0.394 e. The molecule has 0 aromatic carbocycles. The van der Waals surface area contributed by atoms with Gasteiger partial charge >= 0.3 is 0 Å². The number of rotatable bonds is 3. The van der Waals surface area contributed by atoms with Crippen LogP contribution in [0.3, 0.4) is 0 Å². The zero-order valence-electron chi connectivity index (χ0n) is 9.46. The lowest BCUT2D eigenvalue weighted by Gasteiger charge is -2.39. The van der Waals surface area contributed by atoms with E-state index in [1.165, 1.54) is 11.8 Å². The molecule has 0 spiro atoms. The van der Waals surface area contributed by atoms with Crippen molar-refractivity contribution in [3.05, 3.63) is 24.5 Å². The number of thioether (sulfide) groups is 1. The van der Waals surface area contributed by atoms with E-state index in [1.807, 2.05) is 0 Å². The molecule has 1 aromatic rings. The van der Waals surface area contributed by atoms with Crippen molar-refractivity contribution < 1.29 is 25.2 Å². The zero-order chi connectivity index (χ0) is 13.1. The van der Waals surface area contributed by atoms with Crippen molar-refractivity contribution in [2.45, 2.75) is 34.7 Å². The summed E-state index contributed by atoms with van der Waals surface area (Å²) >= 11 is 1.18. The molecule has 0 radical (unpaired) electrons. The van der Waals surface area contributed by atoms with Gasteiger partial charge in [0.15, 0.2) is 0 Å². The van der Waals surface area contributed by atoms with Crippen LogP contribution in [0.4, 0.5) is 0 Å². The van der Waals surface area contributed by atoms with E-state index in [1.54, 1.807) is 24.5 Å². The van der Waals surface area contributed by atoms with Crippen molar-refractivity contribution in [2.24, 2.45) is 0 Å². The third-order valence-corrected chi connectivity index (χ3v) is 3.87. The second-order valence-corrected chi connectivity index (χ2v) is 5.18. The Morgan fingerprint density at radius 1 is 1.22 bits per heavy atom. The highest BCUT2D eigenvalue weighted by Gasteiger charge is 2.43. The Morgan fingerprint density at radius 3 is 2.61 bits per heavy atom. The quantitative estimate of drug-likeness (QED) is 0.558. The molecule has 0 saturated carbocycles. The Labute approximate surface area is 108 Å². The van der Waals surface area contributed by atoms with Crippen LogP contribution in [0.5, 0.6) is 0 Å². The van der Waals surface area contributed by atoms with Crippen LogP contribution < -0.4 is 0 Å². The van der Waals surface area contributed by atoms with Crippen LogP contribution >= 0.6 is 11.8 Å². The first kappa shape index (κ1) is 13.7. The van der Waals surface area contributed by atoms with Gasteiger partial charge in [-0.15, -0.1) is 0 Å². The van der Waals surface area contributed by atoms with Gasteiger partial charge in [-0.3, -0.25) is 4.98 Å². The Kier molecular flexibility index (Phi) is 4.55. The van der Waals surface area contributed by atoms with Crippen LogP contribution in [0, 0.1) is 0 Å². The maximum absolute atomic E-state index is 9.82. The molecule has 5 atom stereocenters. The summed E-state index contributed by atoms with van der Waals surface area (Å²) in [6.07, 6.45) is -1.55. The first-order chi connectivity index (χ1) is 8.63. The number of aliphatic hydroxyl groups is 4. The second kappa shape index (κ2) is 5.96. The maximum atomic E-state index is 9.82. The van der Waals surface area contributed by atoms with Gasteiger partial charge in [0, 0.05) is 17.3 Å². The molecule has 1 aliphatic heterocycles. The van der Waals surface area contributed by atoms with Crippen molar-refractivity contribution in [3.63, 3.8) is 0 Å². The minimum absolute atomic E-state index is 0.422. The molecule has 0 aliphatic carbocycles. The Balaban J connectivity index is 2.08. The summed E-state index contributed by atoms with van der Waals surface area (Å²) in [4.78, 5) is 4.69. The summed E-state index contributed by atoms with van der Waals surface area (Å²) in [5.74, 6) is 0. The highest BCUT2D eigenvalue weighted by atomic mass is 32.2. The zero-order valence-corrected chi connectivity index (χ0v) is 10.3. The first-order valence-electron chi connectivity index (χ1n) is 5.50. The van der Waals surface area contributed by atoms with Gasteiger partial charge in [-0.2, -0.15) is 0 Å². The summed E-state index contributed by atoms with van der Waals surface area (Å²) in [6, 6.07) is 3.53. The number of pyridine rings is 1. The number of aliphatic hydroxyl groups excluding tert-OH is 4. The number of hydrogen-bond donors (Lipinski definition) is 4. The van der Waals surface area contributed by atoms with E-state index in [9.17, 15) is 15.3 Å². The molecule has 2 heterocycles. The molecule has 18 heavy (non-hydrogen) atoms. The molecule has 1 aliphatic rings. The number of hydrogen-bond acceptors (Lipinski definition) is 7. The van der Waals surface area contributed by atoms with Crippen molar-refractivity contribution in [2.75, 3.05) is 6.61 Å². The monoisotopic (exact) mass is 273 g/mol. The molecule has 1 aromatic heterocycles. The van der Waals surface area contributed by atoms with E-state index in [-0.39, 0.29) is 0 Å². The average molecular weight is 273 g/mol. The highest BCUT2D eigenvalue weighted by Crippen LogP contribution is 2.32. The van der Waals surface area contributed by atoms with Crippen LogP contribution in [0.25, 0.3) is 0 Å². The van der Waals surface area contributed by atoms with Gasteiger partial charge < -0.3 is 25.2 Å². The molecule has 7 heteroatoms.